The fourth-order valence-electron chi connectivity index (χ4n) is 2.43. The van der Waals surface area contributed by atoms with Gasteiger partial charge >= 0.3 is 0 Å². The van der Waals surface area contributed by atoms with Crippen LogP contribution in [0.4, 0.5) is 0 Å². The van der Waals surface area contributed by atoms with Gasteiger partial charge in [0.25, 0.3) is 5.91 Å². The van der Waals surface area contributed by atoms with Gasteiger partial charge in [0.1, 0.15) is 0 Å². The molecule has 1 aliphatic rings. The van der Waals surface area contributed by atoms with Crippen molar-refractivity contribution in [3.8, 4) is 11.8 Å². The normalized spacial score (nSPS) is 14.2. The lowest BCUT2D eigenvalue weighted by molar-refractivity contribution is 0.0744. The summed E-state index contributed by atoms with van der Waals surface area (Å²) in [5.41, 5.74) is 7.97. The molecule has 1 fully saturated rings. The lowest BCUT2D eigenvalue weighted by Gasteiger charge is -2.30. The van der Waals surface area contributed by atoms with E-state index < -0.39 is 0 Å². The van der Waals surface area contributed by atoms with E-state index in [0.717, 1.165) is 23.2 Å². The van der Waals surface area contributed by atoms with Crippen molar-refractivity contribution in [3.63, 3.8) is 0 Å². The Bertz CT molecular complexity index is 550. The number of aryl methyl sites for hydroxylation is 1. The topological polar surface area (TPSA) is 46.3 Å². The minimum absolute atomic E-state index is 0.0887. The fourth-order valence-corrected chi connectivity index (χ4v) is 2.43. The minimum Gasteiger partial charge on any atom is -0.341 e. The number of hydrogen-bond acceptors (Lipinski definition) is 2. The number of hydrogen-bond donors (Lipinski definition) is 1. The zero-order chi connectivity index (χ0) is 14.5. The van der Waals surface area contributed by atoms with Crippen LogP contribution < -0.4 is 5.73 Å². The molecular formula is C17H22N2O. The molecule has 106 valence electrons. The highest BCUT2D eigenvalue weighted by atomic mass is 16.2. The molecule has 2 N–H and O–H groups in total. The van der Waals surface area contributed by atoms with Crippen molar-refractivity contribution in [1.82, 2.24) is 4.90 Å². The Morgan fingerprint density at radius 1 is 1.45 bits per heavy atom. The molecule has 0 aromatic heterocycles. The molecule has 0 spiro atoms. The van der Waals surface area contributed by atoms with E-state index in [-0.39, 0.29) is 5.91 Å². The highest BCUT2D eigenvalue weighted by molar-refractivity contribution is 5.95. The summed E-state index contributed by atoms with van der Waals surface area (Å²) in [6.07, 6.45) is 3.80. The molecule has 3 nitrogen and oxygen atoms in total. The summed E-state index contributed by atoms with van der Waals surface area (Å²) in [5.74, 6) is 6.58. The fraction of sp³-hybridized carbons (Fsp3) is 0.471. The predicted molar refractivity (Wildman–Crippen MR) is 81.4 cm³/mol. The van der Waals surface area contributed by atoms with Crippen molar-refractivity contribution in [2.24, 2.45) is 11.7 Å². The van der Waals surface area contributed by atoms with Crippen LogP contribution in [0.25, 0.3) is 0 Å². The van der Waals surface area contributed by atoms with E-state index in [1.54, 1.807) is 0 Å². The van der Waals surface area contributed by atoms with Crippen molar-refractivity contribution in [3.05, 3.63) is 34.9 Å². The number of rotatable bonds is 3. The predicted octanol–water partition coefficient (Wildman–Crippen LogP) is 2.18. The molecule has 2 rings (SSSR count). The van der Waals surface area contributed by atoms with Crippen molar-refractivity contribution in [1.29, 1.82) is 0 Å². The molecular weight excluding hydrogens is 248 g/mol. The SMILES string of the molecule is Cc1ccc(C#CCN)cc1C(=O)N(C)CC1CCC1. The Labute approximate surface area is 121 Å². The lowest BCUT2D eigenvalue weighted by atomic mass is 9.85. The average Bonchev–Trinajstić information content (AvgIpc) is 2.41. The van der Waals surface area contributed by atoms with E-state index in [4.69, 9.17) is 5.73 Å². The second kappa shape index (κ2) is 6.58. The summed E-state index contributed by atoms with van der Waals surface area (Å²) in [5, 5.41) is 0. The highest BCUT2D eigenvalue weighted by Gasteiger charge is 2.22. The van der Waals surface area contributed by atoms with E-state index in [1.807, 2.05) is 37.1 Å². The van der Waals surface area contributed by atoms with Gasteiger partial charge in [-0.25, -0.2) is 0 Å². The van der Waals surface area contributed by atoms with Crippen LogP contribution in [-0.4, -0.2) is 30.9 Å². The lowest BCUT2D eigenvalue weighted by Crippen LogP contribution is -2.34. The van der Waals surface area contributed by atoms with Gasteiger partial charge in [-0.2, -0.15) is 0 Å². The summed E-state index contributed by atoms with van der Waals surface area (Å²) >= 11 is 0. The number of nitrogens with zero attached hydrogens (tertiary/aromatic N) is 1. The molecule has 0 radical (unpaired) electrons. The largest absolute Gasteiger partial charge is 0.341 e. The van der Waals surface area contributed by atoms with Crippen LogP contribution in [0.3, 0.4) is 0 Å². The second-order valence-corrected chi connectivity index (χ2v) is 5.52. The van der Waals surface area contributed by atoms with E-state index in [0.29, 0.717) is 12.5 Å². The van der Waals surface area contributed by atoms with Gasteiger partial charge < -0.3 is 10.6 Å². The Balaban J connectivity index is 2.14. The first kappa shape index (κ1) is 14.6. The van der Waals surface area contributed by atoms with Crippen LogP contribution in [-0.2, 0) is 0 Å². The van der Waals surface area contributed by atoms with Gasteiger partial charge in [0.15, 0.2) is 0 Å². The Morgan fingerprint density at radius 3 is 2.80 bits per heavy atom. The van der Waals surface area contributed by atoms with Crippen LogP contribution >= 0.6 is 0 Å². The molecule has 1 aliphatic carbocycles. The van der Waals surface area contributed by atoms with Gasteiger partial charge in [0.2, 0.25) is 0 Å². The van der Waals surface area contributed by atoms with Gasteiger partial charge in [-0.3, -0.25) is 4.79 Å². The first-order valence-electron chi connectivity index (χ1n) is 7.17. The van der Waals surface area contributed by atoms with Gasteiger partial charge in [-0.1, -0.05) is 24.3 Å². The maximum absolute atomic E-state index is 12.5. The Hall–Kier alpha value is -1.79. The van der Waals surface area contributed by atoms with Gasteiger partial charge in [-0.05, 0) is 43.4 Å². The Kier molecular flexibility index (Phi) is 4.81. The summed E-state index contributed by atoms with van der Waals surface area (Å²) in [6.45, 7) is 3.15. The molecule has 0 unspecified atom stereocenters. The van der Waals surface area contributed by atoms with Crippen LogP contribution in [0.5, 0.6) is 0 Å². The number of carbonyl (C=O) groups excluding carboxylic acids is 1. The van der Waals surface area contributed by atoms with Crippen LogP contribution in [0.1, 0.15) is 40.7 Å². The van der Waals surface area contributed by atoms with Gasteiger partial charge in [0, 0.05) is 24.7 Å². The summed E-state index contributed by atoms with van der Waals surface area (Å²) < 4.78 is 0. The summed E-state index contributed by atoms with van der Waals surface area (Å²) in [4.78, 5) is 14.4. The molecule has 20 heavy (non-hydrogen) atoms. The molecule has 3 heteroatoms. The molecule has 1 aromatic rings. The number of amides is 1. The summed E-state index contributed by atoms with van der Waals surface area (Å²) in [6, 6.07) is 5.75. The van der Waals surface area contributed by atoms with Crippen molar-refractivity contribution < 1.29 is 4.79 Å². The molecule has 0 bridgehead atoms. The highest BCUT2D eigenvalue weighted by Crippen LogP contribution is 2.27. The van der Waals surface area contributed by atoms with Crippen molar-refractivity contribution in [2.45, 2.75) is 26.2 Å². The van der Waals surface area contributed by atoms with E-state index in [2.05, 4.69) is 11.8 Å². The van der Waals surface area contributed by atoms with Gasteiger partial charge in [-0.15, -0.1) is 0 Å². The zero-order valence-electron chi connectivity index (χ0n) is 12.3. The van der Waals surface area contributed by atoms with Crippen LogP contribution in [0.2, 0.25) is 0 Å². The van der Waals surface area contributed by atoms with E-state index in [1.165, 1.54) is 19.3 Å². The van der Waals surface area contributed by atoms with Gasteiger partial charge in [0.05, 0.1) is 6.54 Å². The minimum atomic E-state index is 0.0887. The molecule has 0 heterocycles. The third-order valence-corrected chi connectivity index (χ3v) is 3.91. The smallest absolute Gasteiger partial charge is 0.253 e. The first-order valence-corrected chi connectivity index (χ1v) is 7.17. The van der Waals surface area contributed by atoms with E-state index in [9.17, 15) is 4.79 Å². The molecule has 0 saturated heterocycles. The van der Waals surface area contributed by atoms with Crippen molar-refractivity contribution >= 4 is 5.91 Å². The molecule has 0 atom stereocenters. The van der Waals surface area contributed by atoms with E-state index >= 15 is 0 Å². The third kappa shape index (κ3) is 3.40. The molecule has 1 saturated carbocycles. The average molecular weight is 270 g/mol. The maximum atomic E-state index is 12.5. The van der Waals surface area contributed by atoms with Crippen molar-refractivity contribution in [2.75, 3.05) is 20.1 Å². The quantitative estimate of drug-likeness (QED) is 0.856. The molecule has 1 aromatic carbocycles. The zero-order valence-corrected chi connectivity index (χ0v) is 12.3. The van der Waals surface area contributed by atoms with Crippen LogP contribution in [0, 0.1) is 24.7 Å². The molecule has 1 amide bonds. The Morgan fingerprint density at radius 2 is 2.20 bits per heavy atom. The standard InChI is InChI=1S/C17H22N2O/c1-13-8-9-14(7-4-10-18)11-16(13)17(20)19(2)12-15-5-3-6-15/h8-9,11,15H,3,5-6,10,12,18H2,1-2H3. The maximum Gasteiger partial charge on any atom is 0.253 e. The first-order chi connectivity index (χ1) is 9.61. The monoisotopic (exact) mass is 270 g/mol. The molecule has 0 aliphatic heterocycles. The third-order valence-electron chi connectivity index (χ3n) is 3.91. The summed E-state index contributed by atoms with van der Waals surface area (Å²) in [7, 11) is 1.89. The number of benzene rings is 1. The van der Waals surface area contributed by atoms with Crippen LogP contribution in [0.15, 0.2) is 18.2 Å². The second-order valence-electron chi connectivity index (χ2n) is 5.52. The number of carbonyl (C=O) groups is 1. The number of nitrogens with two attached hydrogens (primary N) is 1.